The molecule has 1 aromatic rings. The number of halogens is 4. The SMILES string of the molecule is CCOC(=O)c1nc(OC(F)(F)F)c(CF)cc1OC. The van der Waals surface area contributed by atoms with Gasteiger partial charge in [0, 0.05) is 5.56 Å². The van der Waals surface area contributed by atoms with E-state index < -0.39 is 36.1 Å². The van der Waals surface area contributed by atoms with Crippen LogP contribution in [0.25, 0.3) is 0 Å². The summed E-state index contributed by atoms with van der Waals surface area (Å²) in [6.07, 6.45) is -5.06. The van der Waals surface area contributed by atoms with E-state index in [0.29, 0.717) is 0 Å². The van der Waals surface area contributed by atoms with Gasteiger partial charge in [0.1, 0.15) is 6.67 Å². The molecule has 9 heteroatoms. The van der Waals surface area contributed by atoms with Crippen LogP contribution in [0.4, 0.5) is 17.6 Å². The van der Waals surface area contributed by atoms with Crippen LogP contribution in [0, 0.1) is 0 Å². The lowest BCUT2D eigenvalue weighted by Gasteiger charge is -2.14. The van der Waals surface area contributed by atoms with E-state index in [-0.39, 0.29) is 12.4 Å². The lowest BCUT2D eigenvalue weighted by molar-refractivity contribution is -0.276. The van der Waals surface area contributed by atoms with E-state index in [1.165, 1.54) is 6.92 Å². The number of carbonyl (C=O) groups is 1. The van der Waals surface area contributed by atoms with E-state index in [1.807, 2.05) is 0 Å². The molecule has 0 aliphatic carbocycles. The second-order valence-corrected chi connectivity index (χ2v) is 3.41. The Balaban J connectivity index is 3.29. The summed E-state index contributed by atoms with van der Waals surface area (Å²) in [5, 5.41) is 0. The Morgan fingerprint density at radius 1 is 1.40 bits per heavy atom. The van der Waals surface area contributed by atoms with Crippen LogP contribution in [-0.4, -0.2) is 31.0 Å². The fraction of sp³-hybridized carbons (Fsp3) is 0.455. The molecule has 0 aliphatic heterocycles. The molecule has 0 saturated carbocycles. The predicted molar refractivity (Wildman–Crippen MR) is 58.2 cm³/mol. The van der Waals surface area contributed by atoms with Crippen molar-refractivity contribution in [1.29, 1.82) is 0 Å². The van der Waals surface area contributed by atoms with Crippen LogP contribution >= 0.6 is 0 Å². The molecule has 0 atom stereocenters. The minimum Gasteiger partial charge on any atom is -0.494 e. The highest BCUT2D eigenvalue weighted by Gasteiger charge is 2.34. The summed E-state index contributed by atoms with van der Waals surface area (Å²) in [5.41, 5.74) is -1.02. The Morgan fingerprint density at radius 3 is 2.50 bits per heavy atom. The number of nitrogens with zero attached hydrogens (tertiary/aromatic N) is 1. The van der Waals surface area contributed by atoms with Gasteiger partial charge in [-0.2, -0.15) is 0 Å². The van der Waals surface area contributed by atoms with Gasteiger partial charge in [-0.3, -0.25) is 0 Å². The first-order valence-electron chi connectivity index (χ1n) is 5.39. The van der Waals surface area contributed by atoms with Crippen molar-refractivity contribution in [1.82, 2.24) is 4.98 Å². The molecule has 1 rings (SSSR count). The Kier molecular flexibility index (Phi) is 5.12. The number of ether oxygens (including phenoxy) is 3. The summed E-state index contributed by atoms with van der Waals surface area (Å²) < 4.78 is 62.2. The molecular weight excluding hydrogens is 286 g/mol. The molecule has 1 heterocycles. The van der Waals surface area contributed by atoms with Gasteiger partial charge in [0.05, 0.1) is 13.7 Å². The first kappa shape index (κ1) is 16.0. The fourth-order valence-electron chi connectivity index (χ4n) is 1.31. The van der Waals surface area contributed by atoms with Crippen LogP contribution in [0.3, 0.4) is 0 Å². The van der Waals surface area contributed by atoms with Crippen LogP contribution in [0.2, 0.25) is 0 Å². The van der Waals surface area contributed by atoms with Crippen LogP contribution < -0.4 is 9.47 Å². The molecule has 20 heavy (non-hydrogen) atoms. The zero-order chi connectivity index (χ0) is 15.3. The largest absolute Gasteiger partial charge is 0.574 e. The molecule has 0 unspecified atom stereocenters. The number of esters is 1. The highest BCUT2D eigenvalue weighted by Crippen LogP contribution is 2.30. The molecular formula is C11H11F4NO4. The maximum atomic E-state index is 12.7. The van der Waals surface area contributed by atoms with Gasteiger partial charge in [-0.25, -0.2) is 14.2 Å². The maximum Gasteiger partial charge on any atom is 0.574 e. The van der Waals surface area contributed by atoms with Crippen LogP contribution in [0.1, 0.15) is 23.0 Å². The zero-order valence-electron chi connectivity index (χ0n) is 10.6. The standard InChI is InChI=1S/C11H11F4NO4/c1-3-19-10(17)8-7(18-2)4-6(5-12)9(16-8)20-11(13,14)15/h4H,3,5H2,1-2H3. The van der Waals surface area contributed by atoms with Gasteiger partial charge in [0.25, 0.3) is 0 Å². The van der Waals surface area contributed by atoms with E-state index >= 15 is 0 Å². The number of rotatable bonds is 5. The van der Waals surface area contributed by atoms with Crippen molar-refractivity contribution in [3.63, 3.8) is 0 Å². The van der Waals surface area contributed by atoms with Crippen molar-refractivity contribution in [2.45, 2.75) is 20.0 Å². The highest BCUT2D eigenvalue weighted by molar-refractivity contribution is 5.90. The van der Waals surface area contributed by atoms with Gasteiger partial charge >= 0.3 is 12.3 Å². The van der Waals surface area contributed by atoms with E-state index in [1.54, 1.807) is 0 Å². The smallest absolute Gasteiger partial charge is 0.494 e. The molecule has 5 nitrogen and oxygen atoms in total. The molecule has 0 N–H and O–H groups in total. The van der Waals surface area contributed by atoms with E-state index in [4.69, 9.17) is 4.74 Å². The molecule has 0 aliphatic rings. The zero-order valence-corrected chi connectivity index (χ0v) is 10.6. The first-order valence-corrected chi connectivity index (χ1v) is 5.39. The van der Waals surface area contributed by atoms with Crippen molar-refractivity contribution >= 4 is 5.97 Å². The van der Waals surface area contributed by atoms with Crippen LogP contribution in [-0.2, 0) is 11.4 Å². The molecule has 0 radical (unpaired) electrons. The number of carbonyl (C=O) groups excluding carboxylic acids is 1. The lowest BCUT2D eigenvalue weighted by Crippen LogP contribution is -2.20. The number of hydrogen-bond donors (Lipinski definition) is 0. The summed E-state index contributed by atoms with van der Waals surface area (Å²) >= 11 is 0. The fourth-order valence-corrected chi connectivity index (χ4v) is 1.31. The number of hydrogen-bond acceptors (Lipinski definition) is 5. The van der Waals surface area contributed by atoms with Crippen molar-refractivity contribution in [3.8, 4) is 11.6 Å². The quantitative estimate of drug-likeness (QED) is 0.617. The maximum absolute atomic E-state index is 12.7. The normalized spacial score (nSPS) is 11.1. The molecule has 0 fully saturated rings. The average molecular weight is 297 g/mol. The molecule has 0 spiro atoms. The third-order valence-corrected chi connectivity index (χ3v) is 2.07. The van der Waals surface area contributed by atoms with Crippen molar-refractivity contribution in [2.24, 2.45) is 0 Å². The highest BCUT2D eigenvalue weighted by atomic mass is 19.4. The summed E-state index contributed by atoms with van der Waals surface area (Å²) in [6.45, 7) is 0.231. The van der Waals surface area contributed by atoms with Gasteiger partial charge < -0.3 is 14.2 Å². The molecule has 0 amide bonds. The van der Waals surface area contributed by atoms with Crippen molar-refractivity contribution in [2.75, 3.05) is 13.7 Å². The summed E-state index contributed by atoms with van der Waals surface area (Å²) in [4.78, 5) is 14.9. The third kappa shape index (κ3) is 3.97. The Hall–Kier alpha value is -2.06. The van der Waals surface area contributed by atoms with Crippen molar-refractivity contribution in [3.05, 3.63) is 17.3 Å². The molecule has 0 saturated heterocycles. The molecule has 1 aromatic heterocycles. The Morgan fingerprint density at radius 2 is 2.05 bits per heavy atom. The first-order chi connectivity index (χ1) is 9.32. The van der Waals surface area contributed by atoms with Gasteiger partial charge in [0.2, 0.25) is 5.88 Å². The van der Waals surface area contributed by atoms with Gasteiger partial charge in [0.15, 0.2) is 11.4 Å². The predicted octanol–water partition coefficient (Wildman–Crippen LogP) is 2.64. The van der Waals surface area contributed by atoms with E-state index in [0.717, 1.165) is 13.2 Å². The van der Waals surface area contributed by atoms with E-state index in [2.05, 4.69) is 14.5 Å². The summed E-state index contributed by atoms with van der Waals surface area (Å²) in [7, 11) is 1.16. The monoisotopic (exact) mass is 297 g/mol. The van der Waals surface area contributed by atoms with Gasteiger partial charge in [-0.1, -0.05) is 0 Å². The second-order valence-electron chi connectivity index (χ2n) is 3.41. The molecule has 112 valence electrons. The third-order valence-electron chi connectivity index (χ3n) is 2.07. The summed E-state index contributed by atoms with van der Waals surface area (Å²) in [6, 6.07) is 0.903. The molecule has 0 bridgehead atoms. The second kappa shape index (κ2) is 6.40. The van der Waals surface area contributed by atoms with Gasteiger partial charge in [-0.05, 0) is 13.0 Å². The Labute approximate surface area is 111 Å². The summed E-state index contributed by atoms with van der Waals surface area (Å²) in [5.74, 6) is -2.25. The number of alkyl halides is 4. The molecule has 0 aromatic carbocycles. The van der Waals surface area contributed by atoms with Crippen molar-refractivity contribution < 1.29 is 36.6 Å². The average Bonchev–Trinajstić information content (AvgIpc) is 2.36. The van der Waals surface area contributed by atoms with Crippen LogP contribution in [0.15, 0.2) is 6.07 Å². The lowest BCUT2D eigenvalue weighted by atomic mass is 10.2. The van der Waals surface area contributed by atoms with E-state index in [9.17, 15) is 22.4 Å². The number of methoxy groups -OCH3 is 1. The van der Waals surface area contributed by atoms with Crippen LogP contribution in [0.5, 0.6) is 11.6 Å². The number of pyridine rings is 1. The number of aromatic nitrogens is 1. The minimum atomic E-state index is -5.06. The Bertz CT molecular complexity index is 490. The topological polar surface area (TPSA) is 57.7 Å². The minimum absolute atomic E-state index is 0.00993. The van der Waals surface area contributed by atoms with Gasteiger partial charge in [-0.15, -0.1) is 13.2 Å².